The summed E-state index contributed by atoms with van der Waals surface area (Å²) < 4.78 is 0. The maximum absolute atomic E-state index is 11.2. The topological polar surface area (TPSA) is 90.9 Å². The number of rotatable bonds is 6. The predicted octanol–water partition coefficient (Wildman–Crippen LogP) is -0.376. The summed E-state index contributed by atoms with van der Waals surface area (Å²) in [5.41, 5.74) is 0. The lowest BCUT2D eigenvalue weighted by Crippen LogP contribution is -2.26. The molecule has 1 amide bonds. The summed E-state index contributed by atoms with van der Waals surface area (Å²) in [4.78, 5) is 15.1. The van der Waals surface area contributed by atoms with E-state index in [9.17, 15) is 4.79 Å². The summed E-state index contributed by atoms with van der Waals surface area (Å²) in [6.07, 6.45) is 2.50. The monoisotopic (exact) mass is 212 g/mol. The quantitative estimate of drug-likeness (QED) is 0.599. The SMILES string of the molecule is CC(O)CCC(=O)NCCc1ncn[nH]1. The molecule has 84 valence electrons. The molecule has 1 unspecified atom stereocenters. The molecule has 3 N–H and O–H groups in total. The molecule has 0 aliphatic carbocycles. The van der Waals surface area contributed by atoms with E-state index in [1.165, 1.54) is 6.33 Å². The van der Waals surface area contributed by atoms with E-state index in [2.05, 4.69) is 20.5 Å². The van der Waals surface area contributed by atoms with Gasteiger partial charge in [-0.2, -0.15) is 5.10 Å². The van der Waals surface area contributed by atoms with Crippen molar-refractivity contribution in [3.63, 3.8) is 0 Å². The number of aliphatic hydroxyl groups excluding tert-OH is 1. The van der Waals surface area contributed by atoms with Crippen LogP contribution in [0.25, 0.3) is 0 Å². The molecule has 0 fully saturated rings. The van der Waals surface area contributed by atoms with Crippen molar-refractivity contribution in [2.75, 3.05) is 6.54 Å². The molecule has 0 aliphatic heterocycles. The van der Waals surface area contributed by atoms with Gasteiger partial charge >= 0.3 is 0 Å². The van der Waals surface area contributed by atoms with Crippen LogP contribution in [0.4, 0.5) is 0 Å². The number of nitrogens with zero attached hydrogens (tertiary/aromatic N) is 2. The van der Waals surface area contributed by atoms with Gasteiger partial charge in [0.05, 0.1) is 6.10 Å². The summed E-state index contributed by atoms with van der Waals surface area (Å²) in [7, 11) is 0. The van der Waals surface area contributed by atoms with Gasteiger partial charge in [0.15, 0.2) is 0 Å². The minimum Gasteiger partial charge on any atom is -0.393 e. The molecule has 1 atom stereocenters. The number of carbonyl (C=O) groups is 1. The minimum absolute atomic E-state index is 0.0459. The van der Waals surface area contributed by atoms with Crippen LogP contribution in [0.5, 0.6) is 0 Å². The van der Waals surface area contributed by atoms with Crippen LogP contribution >= 0.6 is 0 Å². The van der Waals surface area contributed by atoms with Crippen LogP contribution in [-0.4, -0.2) is 38.8 Å². The van der Waals surface area contributed by atoms with Gasteiger partial charge in [0.2, 0.25) is 5.91 Å². The summed E-state index contributed by atoms with van der Waals surface area (Å²) >= 11 is 0. The van der Waals surface area contributed by atoms with Gasteiger partial charge in [0.1, 0.15) is 12.2 Å². The molecule has 0 spiro atoms. The van der Waals surface area contributed by atoms with Crippen LogP contribution < -0.4 is 5.32 Å². The molecule has 0 bridgehead atoms. The number of carbonyl (C=O) groups excluding carboxylic acids is 1. The van der Waals surface area contributed by atoms with Crippen molar-refractivity contribution in [3.8, 4) is 0 Å². The second-order valence-electron chi connectivity index (χ2n) is 3.42. The van der Waals surface area contributed by atoms with Crippen LogP contribution in [0.2, 0.25) is 0 Å². The number of aliphatic hydroxyl groups is 1. The number of aromatic nitrogens is 3. The van der Waals surface area contributed by atoms with E-state index in [1.54, 1.807) is 6.92 Å². The number of amides is 1. The lowest BCUT2D eigenvalue weighted by Gasteiger charge is -2.05. The number of nitrogens with one attached hydrogen (secondary N) is 2. The van der Waals surface area contributed by atoms with Gasteiger partial charge in [-0.1, -0.05) is 0 Å². The minimum atomic E-state index is -0.426. The third kappa shape index (κ3) is 5.11. The Hall–Kier alpha value is -1.43. The zero-order valence-electron chi connectivity index (χ0n) is 8.73. The Kier molecular flexibility index (Phi) is 4.76. The van der Waals surface area contributed by atoms with Crippen molar-refractivity contribution in [1.29, 1.82) is 0 Å². The Morgan fingerprint density at radius 1 is 1.73 bits per heavy atom. The van der Waals surface area contributed by atoms with Crippen molar-refractivity contribution in [2.24, 2.45) is 0 Å². The van der Waals surface area contributed by atoms with Gasteiger partial charge in [-0.05, 0) is 13.3 Å². The third-order valence-electron chi connectivity index (χ3n) is 1.94. The molecule has 6 nitrogen and oxygen atoms in total. The molecule has 6 heteroatoms. The van der Waals surface area contributed by atoms with E-state index >= 15 is 0 Å². The number of hydrogen-bond acceptors (Lipinski definition) is 4. The Labute approximate surface area is 88.1 Å². The van der Waals surface area contributed by atoms with Gasteiger partial charge in [-0.15, -0.1) is 0 Å². The molecular weight excluding hydrogens is 196 g/mol. The van der Waals surface area contributed by atoms with Crippen LogP contribution in [-0.2, 0) is 11.2 Å². The van der Waals surface area contributed by atoms with Crippen LogP contribution in [0.1, 0.15) is 25.6 Å². The maximum Gasteiger partial charge on any atom is 0.220 e. The van der Waals surface area contributed by atoms with E-state index in [1.807, 2.05) is 0 Å². The van der Waals surface area contributed by atoms with E-state index in [-0.39, 0.29) is 5.91 Å². The largest absolute Gasteiger partial charge is 0.393 e. The van der Waals surface area contributed by atoms with Crippen LogP contribution in [0.15, 0.2) is 6.33 Å². The van der Waals surface area contributed by atoms with Crippen molar-refractivity contribution >= 4 is 5.91 Å². The average molecular weight is 212 g/mol. The fourth-order valence-corrected chi connectivity index (χ4v) is 1.10. The van der Waals surface area contributed by atoms with Gasteiger partial charge in [-0.25, -0.2) is 4.98 Å². The first-order valence-electron chi connectivity index (χ1n) is 4.97. The molecule has 15 heavy (non-hydrogen) atoms. The molecule has 1 aromatic heterocycles. The number of hydrogen-bond donors (Lipinski definition) is 3. The Morgan fingerprint density at radius 3 is 3.13 bits per heavy atom. The fraction of sp³-hybridized carbons (Fsp3) is 0.667. The van der Waals surface area contributed by atoms with E-state index in [0.717, 1.165) is 5.82 Å². The highest BCUT2D eigenvalue weighted by atomic mass is 16.3. The first-order chi connectivity index (χ1) is 7.18. The van der Waals surface area contributed by atoms with Gasteiger partial charge in [0.25, 0.3) is 0 Å². The molecule has 0 saturated heterocycles. The summed E-state index contributed by atoms with van der Waals surface area (Å²) in [5.74, 6) is 0.709. The van der Waals surface area contributed by atoms with Crippen LogP contribution in [0.3, 0.4) is 0 Å². The zero-order valence-corrected chi connectivity index (χ0v) is 8.73. The van der Waals surface area contributed by atoms with E-state index in [0.29, 0.717) is 25.8 Å². The second-order valence-corrected chi connectivity index (χ2v) is 3.42. The van der Waals surface area contributed by atoms with Crippen molar-refractivity contribution < 1.29 is 9.90 Å². The van der Waals surface area contributed by atoms with Gasteiger partial charge in [0, 0.05) is 19.4 Å². The third-order valence-corrected chi connectivity index (χ3v) is 1.94. The lowest BCUT2D eigenvalue weighted by molar-refractivity contribution is -0.121. The standard InChI is InChI=1S/C9H16N4O2/c1-7(14)2-3-9(15)10-5-4-8-11-6-12-13-8/h6-7,14H,2-5H2,1H3,(H,10,15)(H,11,12,13). The molecule has 0 aliphatic rings. The smallest absolute Gasteiger partial charge is 0.220 e. The molecule has 0 aromatic carbocycles. The summed E-state index contributed by atoms with van der Waals surface area (Å²) in [5, 5.41) is 18.1. The highest BCUT2D eigenvalue weighted by Gasteiger charge is 2.03. The van der Waals surface area contributed by atoms with Crippen LogP contribution in [0, 0.1) is 0 Å². The molecule has 0 saturated carbocycles. The van der Waals surface area contributed by atoms with E-state index in [4.69, 9.17) is 5.11 Å². The Bertz CT molecular complexity index is 284. The second kappa shape index (κ2) is 6.13. The fourth-order valence-electron chi connectivity index (χ4n) is 1.10. The highest BCUT2D eigenvalue weighted by Crippen LogP contribution is 1.95. The average Bonchev–Trinajstić information content (AvgIpc) is 2.67. The van der Waals surface area contributed by atoms with Gasteiger partial charge in [-0.3, -0.25) is 9.89 Å². The zero-order chi connectivity index (χ0) is 11.1. The highest BCUT2D eigenvalue weighted by molar-refractivity contribution is 5.75. The predicted molar refractivity (Wildman–Crippen MR) is 54.0 cm³/mol. The van der Waals surface area contributed by atoms with Crippen molar-refractivity contribution in [2.45, 2.75) is 32.3 Å². The molecule has 1 heterocycles. The molecule has 0 radical (unpaired) electrons. The first-order valence-corrected chi connectivity index (χ1v) is 4.97. The van der Waals surface area contributed by atoms with Crippen molar-refractivity contribution in [1.82, 2.24) is 20.5 Å². The summed E-state index contributed by atoms with van der Waals surface area (Å²) in [6.45, 7) is 2.20. The Balaban J connectivity index is 2.07. The normalized spacial score (nSPS) is 12.4. The Morgan fingerprint density at radius 2 is 2.53 bits per heavy atom. The molecule has 1 rings (SSSR count). The first kappa shape index (κ1) is 11.6. The maximum atomic E-state index is 11.2. The lowest BCUT2D eigenvalue weighted by atomic mass is 10.2. The van der Waals surface area contributed by atoms with E-state index < -0.39 is 6.10 Å². The van der Waals surface area contributed by atoms with Gasteiger partial charge < -0.3 is 10.4 Å². The summed E-state index contributed by atoms with van der Waals surface area (Å²) in [6, 6.07) is 0. The number of aromatic amines is 1. The molecule has 1 aromatic rings. The molecular formula is C9H16N4O2. The van der Waals surface area contributed by atoms with Crippen molar-refractivity contribution in [3.05, 3.63) is 12.2 Å². The number of H-pyrrole nitrogens is 1.